The number of nitriles is 1. The third-order valence-corrected chi connectivity index (χ3v) is 5.41. The molecule has 1 atom stereocenters. The summed E-state index contributed by atoms with van der Waals surface area (Å²) in [6, 6.07) is 5.56. The largest absolute Gasteiger partial charge is 0.494 e. The average Bonchev–Trinajstić information content (AvgIpc) is 2.74. The number of benzene rings is 1. The fraction of sp³-hybridized carbons (Fsp3) is 0.600. The molecule has 1 fully saturated rings. The van der Waals surface area contributed by atoms with Crippen LogP contribution in [-0.4, -0.2) is 46.0 Å². The molecule has 8 heteroatoms. The molecule has 0 unspecified atom stereocenters. The number of hydrogen-bond donors (Lipinski definition) is 1. The average molecular weight is 390 g/mol. The van der Waals surface area contributed by atoms with E-state index in [2.05, 4.69) is 0 Å². The molecule has 1 aliphatic rings. The Hall–Kier alpha value is -2.11. The van der Waals surface area contributed by atoms with Crippen molar-refractivity contribution in [3.05, 3.63) is 29.6 Å². The number of carboxylic acid groups (broad SMARTS) is 1. The van der Waals surface area contributed by atoms with Crippen molar-refractivity contribution in [3.8, 4) is 6.07 Å². The van der Waals surface area contributed by atoms with Gasteiger partial charge in [0, 0.05) is 12.0 Å². The minimum Gasteiger partial charge on any atom is -0.465 e. The van der Waals surface area contributed by atoms with Gasteiger partial charge in [-0.2, -0.15) is 5.26 Å². The number of amides is 1. The fourth-order valence-corrected chi connectivity index (χ4v) is 3.15. The van der Waals surface area contributed by atoms with Crippen molar-refractivity contribution in [1.82, 2.24) is 4.90 Å². The van der Waals surface area contributed by atoms with Crippen LogP contribution in [0.15, 0.2) is 18.2 Å². The van der Waals surface area contributed by atoms with E-state index in [1.54, 1.807) is 32.9 Å². The van der Waals surface area contributed by atoms with Gasteiger partial charge >= 0.3 is 13.2 Å². The lowest BCUT2D eigenvalue weighted by Crippen LogP contribution is -2.51. The predicted molar refractivity (Wildman–Crippen MR) is 105 cm³/mol. The van der Waals surface area contributed by atoms with Crippen LogP contribution in [0.5, 0.6) is 0 Å². The molecule has 1 N–H and O–H groups in total. The summed E-state index contributed by atoms with van der Waals surface area (Å²) in [7, 11) is -0.689. The first-order valence-electron chi connectivity index (χ1n) is 9.25. The van der Waals surface area contributed by atoms with Gasteiger partial charge in [0.15, 0.2) is 0 Å². The van der Waals surface area contributed by atoms with Gasteiger partial charge in [0.25, 0.3) is 0 Å². The highest BCUT2D eigenvalue weighted by Crippen LogP contribution is 2.36. The van der Waals surface area contributed by atoms with E-state index in [0.29, 0.717) is 5.46 Å². The summed E-state index contributed by atoms with van der Waals surface area (Å²) in [5.41, 5.74) is -1.05. The molecular weight excluding hydrogens is 362 g/mol. The van der Waals surface area contributed by atoms with Gasteiger partial charge in [0.05, 0.1) is 17.3 Å². The molecule has 0 radical (unpaired) electrons. The van der Waals surface area contributed by atoms with Crippen LogP contribution in [0.2, 0.25) is 0 Å². The molecule has 1 heterocycles. The molecule has 2 rings (SSSR count). The molecule has 1 saturated heterocycles. The van der Waals surface area contributed by atoms with Gasteiger partial charge in [-0.25, -0.2) is 9.18 Å². The Morgan fingerprint density at radius 1 is 1.29 bits per heavy atom. The SMILES string of the molecule is CC(C)(C)N(C(=O)O)[C@H](C#N)Cc1ccc(B2OC(C)(C)C(C)(C)O2)cc1F. The van der Waals surface area contributed by atoms with Crippen molar-refractivity contribution < 1.29 is 23.6 Å². The number of hydrogen-bond acceptors (Lipinski definition) is 4. The van der Waals surface area contributed by atoms with Gasteiger partial charge in [-0.05, 0) is 65.6 Å². The van der Waals surface area contributed by atoms with E-state index in [9.17, 15) is 19.6 Å². The lowest BCUT2D eigenvalue weighted by atomic mass is 9.78. The van der Waals surface area contributed by atoms with Crippen LogP contribution in [0, 0.1) is 17.1 Å². The first kappa shape index (κ1) is 22.2. The summed E-state index contributed by atoms with van der Waals surface area (Å²) in [4.78, 5) is 12.7. The molecule has 1 aliphatic heterocycles. The molecular formula is C20H28BFN2O4. The van der Waals surface area contributed by atoms with Crippen LogP contribution in [0.25, 0.3) is 0 Å². The molecule has 152 valence electrons. The van der Waals surface area contributed by atoms with E-state index in [0.717, 1.165) is 4.90 Å². The predicted octanol–water partition coefficient (Wildman–Crippen LogP) is 3.34. The normalized spacial score (nSPS) is 19.2. The van der Waals surface area contributed by atoms with Crippen molar-refractivity contribution in [3.63, 3.8) is 0 Å². The highest BCUT2D eigenvalue weighted by Gasteiger charge is 2.51. The molecule has 1 amide bonds. The van der Waals surface area contributed by atoms with Crippen LogP contribution in [0.1, 0.15) is 54.0 Å². The minimum atomic E-state index is -1.21. The lowest BCUT2D eigenvalue weighted by molar-refractivity contribution is 0.00578. The second kappa shape index (κ2) is 7.38. The van der Waals surface area contributed by atoms with Gasteiger partial charge in [0.2, 0.25) is 0 Å². The van der Waals surface area contributed by atoms with Gasteiger partial charge < -0.3 is 14.4 Å². The number of nitrogens with zero attached hydrogens (tertiary/aromatic N) is 2. The molecule has 6 nitrogen and oxygen atoms in total. The first-order chi connectivity index (χ1) is 12.7. The van der Waals surface area contributed by atoms with Crippen molar-refractivity contribution in [2.75, 3.05) is 0 Å². The van der Waals surface area contributed by atoms with Crippen LogP contribution >= 0.6 is 0 Å². The molecule has 0 spiro atoms. The van der Waals surface area contributed by atoms with Gasteiger partial charge in [-0.15, -0.1) is 0 Å². The zero-order chi connectivity index (χ0) is 21.5. The Balaban J connectivity index is 2.25. The molecule has 0 aliphatic carbocycles. The maximum Gasteiger partial charge on any atom is 0.494 e. The highest BCUT2D eigenvalue weighted by atomic mass is 19.1. The summed E-state index contributed by atoms with van der Waals surface area (Å²) < 4.78 is 26.6. The number of halogens is 1. The monoisotopic (exact) mass is 390 g/mol. The molecule has 0 bridgehead atoms. The highest BCUT2D eigenvalue weighted by molar-refractivity contribution is 6.62. The van der Waals surface area contributed by atoms with Crippen LogP contribution in [0.4, 0.5) is 9.18 Å². The van der Waals surface area contributed by atoms with Crippen molar-refractivity contribution in [2.45, 2.75) is 77.7 Å². The van der Waals surface area contributed by atoms with Crippen molar-refractivity contribution in [1.29, 1.82) is 5.26 Å². The van der Waals surface area contributed by atoms with E-state index in [1.165, 1.54) is 6.07 Å². The Labute approximate surface area is 166 Å². The van der Waals surface area contributed by atoms with Crippen LogP contribution in [-0.2, 0) is 15.7 Å². The zero-order valence-electron chi connectivity index (χ0n) is 17.5. The topological polar surface area (TPSA) is 82.8 Å². The maximum absolute atomic E-state index is 14.8. The van der Waals surface area contributed by atoms with Gasteiger partial charge in [0.1, 0.15) is 11.9 Å². The van der Waals surface area contributed by atoms with Crippen LogP contribution < -0.4 is 5.46 Å². The standard InChI is InChI=1S/C20H28BFN2O4/c1-18(2,3)24(17(25)26)15(12-23)10-13-8-9-14(11-16(13)22)21-27-19(4,5)20(6,7)28-21/h8-9,11,15H,10H2,1-7H3,(H,25,26)/t15-/m0/s1. The summed E-state index contributed by atoms with van der Waals surface area (Å²) in [6.07, 6.45) is -1.26. The minimum absolute atomic E-state index is 0.0461. The maximum atomic E-state index is 14.8. The number of rotatable bonds is 4. The molecule has 1 aromatic rings. The van der Waals surface area contributed by atoms with E-state index in [-0.39, 0.29) is 12.0 Å². The number of carbonyl (C=O) groups is 1. The van der Waals surface area contributed by atoms with E-state index in [1.807, 2.05) is 33.8 Å². The quantitative estimate of drug-likeness (QED) is 0.798. The zero-order valence-corrected chi connectivity index (χ0v) is 17.5. The summed E-state index contributed by atoms with van der Waals surface area (Å²) in [5, 5.41) is 19.0. The van der Waals surface area contributed by atoms with Crippen LogP contribution in [0.3, 0.4) is 0 Å². The lowest BCUT2D eigenvalue weighted by Gasteiger charge is -2.36. The first-order valence-corrected chi connectivity index (χ1v) is 9.25. The Bertz CT molecular complexity index is 782. The van der Waals surface area contributed by atoms with E-state index in [4.69, 9.17) is 9.31 Å². The molecule has 0 saturated carbocycles. The van der Waals surface area contributed by atoms with Crippen molar-refractivity contribution >= 4 is 18.7 Å². The third-order valence-electron chi connectivity index (χ3n) is 5.41. The second-order valence-corrected chi connectivity index (χ2v) is 9.11. The summed E-state index contributed by atoms with van der Waals surface area (Å²) in [6.45, 7) is 12.8. The Kier molecular flexibility index (Phi) is 5.85. The molecule has 0 aromatic heterocycles. The fourth-order valence-electron chi connectivity index (χ4n) is 3.15. The van der Waals surface area contributed by atoms with Crippen molar-refractivity contribution in [2.24, 2.45) is 0 Å². The summed E-state index contributed by atoms with van der Waals surface area (Å²) in [5.74, 6) is -0.522. The summed E-state index contributed by atoms with van der Waals surface area (Å²) >= 11 is 0. The van der Waals surface area contributed by atoms with E-state index >= 15 is 0 Å². The Morgan fingerprint density at radius 2 is 1.82 bits per heavy atom. The van der Waals surface area contributed by atoms with E-state index < -0.39 is 41.8 Å². The smallest absolute Gasteiger partial charge is 0.465 e. The van der Waals surface area contributed by atoms with Gasteiger partial charge in [-0.3, -0.25) is 4.90 Å². The second-order valence-electron chi connectivity index (χ2n) is 9.11. The third kappa shape index (κ3) is 4.31. The molecule has 28 heavy (non-hydrogen) atoms. The molecule has 1 aromatic carbocycles. The van der Waals surface area contributed by atoms with Gasteiger partial charge in [-0.1, -0.05) is 12.1 Å². The Morgan fingerprint density at radius 3 is 2.21 bits per heavy atom.